The number of thiazole rings is 2. The molecule has 0 bridgehead atoms. The number of halogens is 1. The van der Waals surface area contributed by atoms with Crippen molar-refractivity contribution in [2.24, 2.45) is 0 Å². The third kappa shape index (κ3) is 3.73. The summed E-state index contributed by atoms with van der Waals surface area (Å²) in [5.74, 6) is -0.125. The van der Waals surface area contributed by atoms with Gasteiger partial charge in [0.1, 0.15) is 9.88 Å². The summed E-state index contributed by atoms with van der Waals surface area (Å²) in [5, 5.41) is 5.30. The zero-order valence-corrected chi connectivity index (χ0v) is 17.7. The van der Waals surface area contributed by atoms with Crippen molar-refractivity contribution in [2.45, 2.75) is 20.4 Å². The highest BCUT2D eigenvalue weighted by Crippen LogP contribution is 2.32. The largest absolute Gasteiger partial charge is 0.346 e. The van der Waals surface area contributed by atoms with E-state index in [1.165, 1.54) is 11.3 Å². The Labute approximate surface area is 175 Å². The second-order valence-corrected chi connectivity index (χ2v) is 8.66. The lowest BCUT2D eigenvalue weighted by atomic mass is 10.2. The molecular weight excluding hydrogens is 412 g/mol. The Hall–Kier alpha value is -2.48. The molecular formula is C20H17ClN4OS2. The van der Waals surface area contributed by atoms with Gasteiger partial charge in [-0.05, 0) is 32.0 Å². The molecule has 5 nitrogen and oxygen atoms in total. The lowest BCUT2D eigenvalue weighted by Crippen LogP contribution is -2.22. The van der Waals surface area contributed by atoms with Crippen LogP contribution in [-0.4, -0.2) is 20.4 Å². The fourth-order valence-corrected chi connectivity index (χ4v) is 5.02. The van der Waals surface area contributed by atoms with Gasteiger partial charge in [0.2, 0.25) is 0 Å². The van der Waals surface area contributed by atoms with Crippen molar-refractivity contribution in [1.29, 1.82) is 0 Å². The van der Waals surface area contributed by atoms with Crippen LogP contribution in [0.25, 0.3) is 15.7 Å². The van der Waals surface area contributed by atoms with E-state index in [1.54, 1.807) is 11.3 Å². The normalized spacial score (nSPS) is 11.0. The molecule has 0 aliphatic rings. The fraction of sp³-hybridized carbons (Fsp3) is 0.150. The van der Waals surface area contributed by atoms with E-state index in [1.807, 2.05) is 67.2 Å². The molecule has 4 rings (SSSR count). The Balaban J connectivity index is 1.49. The molecule has 0 fully saturated rings. The standard InChI is InChI=1S/C20H17ClN4OS2/c1-12-16(27-19(23-12)14-7-3-4-8-15(14)21)11-22-18(26)17-13(2)24-20(28-17)25-9-5-6-10-25/h3-10H,11H2,1-2H3,(H,22,26). The van der Waals surface area contributed by atoms with Gasteiger partial charge in [0, 0.05) is 22.8 Å². The number of carbonyl (C=O) groups is 1. The number of hydrogen-bond donors (Lipinski definition) is 1. The van der Waals surface area contributed by atoms with Crippen molar-refractivity contribution in [3.63, 3.8) is 0 Å². The molecule has 1 N–H and O–H groups in total. The van der Waals surface area contributed by atoms with Crippen LogP contribution in [0.15, 0.2) is 48.8 Å². The van der Waals surface area contributed by atoms with Gasteiger partial charge in [0.15, 0.2) is 5.13 Å². The minimum absolute atomic E-state index is 0.125. The van der Waals surface area contributed by atoms with E-state index in [4.69, 9.17) is 11.6 Å². The maximum atomic E-state index is 12.7. The van der Waals surface area contributed by atoms with Crippen molar-refractivity contribution in [3.8, 4) is 15.7 Å². The molecule has 142 valence electrons. The number of rotatable bonds is 5. The minimum atomic E-state index is -0.125. The zero-order valence-electron chi connectivity index (χ0n) is 15.3. The first kappa shape index (κ1) is 18.9. The Morgan fingerprint density at radius 3 is 2.57 bits per heavy atom. The molecule has 0 aliphatic carbocycles. The second-order valence-electron chi connectivity index (χ2n) is 6.19. The van der Waals surface area contributed by atoms with Crippen LogP contribution in [0, 0.1) is 13.8 Å². The van der Waals surface area contributed by atoms with E-state index in [-0.39, 0.29) is 5.91 Å². The smallest absolute Gasteiger partial charge is 0.263 e. The third-order valence-electron chi connectivity index (χ3n) is 4.22. The quantitative estimate of drug-likeness (QED) is 0.471. The lowest BCUT2D eigenvalue weighted by molar-refractivity contribution is 0.0954. The van der Waals surface area contributed by atoms with Crippen molar-refractivity contribution >= 4 is 40.2 Å². The first-order valence-electron chi connectivity index (χ1n) is 8.63. The van der Waals surface area contributed by atoms with Crippen LogP contribution in [-0.2, 0) is 6.54 Å². The Bertz CT molecular complexity index is 1130. The topological polar surface area (TPSA) is 59.8 Å². The van der Waals surface area contributed by atoms with E-state index < -0.39 is 0 Å². The van der Waals surface area contributed by atoms with Crippen molar-refractivity contribution in [2.75, 3.05) is 0 Å². The summed E-state index contributed by atoms with van der Waals surface area (Å²) in [7, 11) is 0. The number of carbonyl (C=O) groups excluding carboxylic acids is 1. The molecule has 0 atom stereocenters. The second kappa shape index (κ2) is 7.87. The summed E-state index contributed by atoms with van der Waals surface area (Å²) in [5.41, 5.74) is 2.53. The molecule has 0 saturated heterocycles. The molecule has 8 heteroatoms. The molecule has 3 aromatic heterocycles. The molecule has 3 heterocycles. The molecule has 0 spiro atoms. The maximum Gasteiger partial charge on any atom is 0.263 e. The predicted molar refractivity (Wildman–Crippen MR) is 115 cm³/mol. The van der Waals surface area contributed by atoms with Gasteiger partial charge in [0.05, 0.1) is 23.0 Å². The third-order valence-corrected chi connectivity index (χ3v) is 6.91. The number of nitrogens with zero attached hydrogens (tertiary/aromatic N) is 3. The summed E-state index contributed by atoms with van der Waals surface area (Å²) >= 11 is 9.20. The van der Waals surface area contributed by atoms with Crippen molar-refractivity contribution in [1.82, 2.24) is 19.9 Å². The number of benzene rings is 1. The van der Waals surface area contributed by atoms with Crippen LogP contribution < -0.4 is 5.32 Å². The first-order chi connectivity index (χ1) is 13.5. The van der Waals surface area contributed by atoms with Crippen molar-refractivity contribution in [3.05, 3.63) is 75.0 Å². The highest BCUT2D eigenvalue weighted by molar-refractivity contribution is 7.16. The van der Waals surface area contributed by atoms with E-state index in [0.29, 0.717) is 16.4 Å². The molecule has 0 unspecified atom stereocenters. The van der Waals surface area contributed by atoms with E-state index in [9.17, 15) is 4.79 Å². The van der Waals surface area contributed by atoms with Crippen LogP contribution in [0.3, 0.4) is 0 Å². The van der Waals surface area contributed by atoms with Crippen LogP contribution >= 0.6 is 34.3 Å². The highest BCUT2D eigenvalue weighted by atomic mass is 35.5. The van der Waals surface area contributed by atoms with E-state index in [2.05, 4.69) is 15.3 Å². The summed E-state index contributed by atoms with van der Waals surface area (Å²) in [6, 6.07) is 11.5. The molecule has 0 aliphatic heterocycles. The van der Waals surface area contributed by atoms with Crippen LogP contribution in [0.1, 0.15) is 25.9 Å². The summed E-state index contributed by atoms with van der Waals surface area (Å²) < 4.78 is 1.90. The van der Waals surface area contributed by atoms with Crippen molar-refractivity contribution < 1.29 is 4.79 Å². The van der Waals surface area contributed by atoms with E-state index in [0.717, 1.165) is 32.0 Å². The molecule has 28 heavy (non-hydrogen) atoms. The molecule has 0 saturated carbocycles. The number of hydrogen-bond acceptors (Lipinski definition) is 5. The molecule has 1 amide bonds. The monoisotopic (exact) mass is 428 g/mol. The molecule has 4 aromatic rings. The van der Waals surface area contributed by atoms with Gasteiger partial charge in [0.25, 0.3) is 5.91 Å². The van der Waals surface area contributed by atoms with Gasteiger partial charge in [-0.3, -0.25) is 4.79 Å². The number of nitrogens with one attached hydrogen (secondary N) is 1. The Kier molecular flexibility index (Phi) is 5.30. The molecule has 1 aromatic carbocycles. The number of aryl methyl sites for hydroxylation is 2. The number of amides is 1. The predicted octanol–water partition coefficient (Wildman–Crippen LogP) is 5.26. The summed E-state index contributed by atoms with van der Waals surface area (Å²) in [6.45, 7) is 4.22. The average molecular weight is 429 g/mol. The summed E-state index contributed by atoms with van der Waals surface area (Å²) in [4.78, 5) is 23.4. The highest BCUT2D eigenvalue weighted by Gasteiger charge is 2.17. The lowest BCUT2D eigenvalue weighted by Gasteiger charge is -2.02. The van der Waals surface area contributed by atoms with Gasteiger partial charge in [-0.2, -0.15) is 0 Å². The maximum absolute atomic E-state index is 12.7. The van der Waals surface area contributed by atoms with Crippen LogP contribution in [0.2, 0.25) is 5.02 Å². The van der Waals surface area contributed by atoms with Crippen LogP contribution in [0.4, 0.5) is 0 Å². The Morgan fingerprint density at radius 1 is 1.07 bits per heavy atom. The fourth-order valence-electron chi connectivity index (χ4n) is 2.75. The zero-order chi connectivity index (χ0) is 19.7. The van der Waals surface area contributed by atoms with Gasteiger partial charge in [-0.15, -0.1) is 11.3 Å². The van der Waals surface area contributed by atoms with Crippen LogP contribution in [0.5, 0.6) is 0 Å². The van der Waals surface area contributed by atoms with Gasteiger partial charge in [-0.1, -0.05) is 41.1 Å². The van der Waals surface area contributed by atoms with E-state index >= 15 is 0 Å². The first-order valence-corrected chi connectivity index (χ1v) is 10.6. The summed E-state index contributed by atoms with van der Waals surface area (Å²) in [6.07, 6.45) is 3.83. The minimum Gasteiger partial charge on any atom is -0.346 e. The Morgan fingerprint density at radius 2 is 1.82 bits per heavy atom. The number of aromatic nitrogens is 3. The SMILES string of the molecule is Cc1nc(-c2ccccc2Cl)sc1CNC(=O)c1sc(-n2cccc2)nc1C. The van der Waals surface area contributed by atoms with Gasteiger partial charge < -0.3 is 9.88 Å². The average Bonchev–Trinajstić information content (AvgIpc) is 3.40. The van der Waals surface area contributed by atoms with Gasteiger partial charge >= 0.3 is 0 Å². The molecule has 0 radical (unpaired) electrons. The van der Waals surface area contributed by atoms with Gasteiger partial charge in [-0.25, -0.2) is 9.97 Å².